The molecule has 1 atom stereocenters. The van der Waals surface area contributed by atoms with Crippen molar-refractivity contribution in [3.8, 4) is 0 Å². The number of aromatic nitrogens is 2. The zero-order valence-corrected chi connectivity index (χ0v) is 12.7. The number of benzene rings is 1. The van der Waals surface area contributed by atoms with Crippen LogP contribution in [0.25, 0.3) is 0 Å². The SMILES string of the molecule is CC(C)CNc1nccn1C(C)CCc1ccccc1. The highest BCUT2D eigenvalue weighted by molar-refractivity contribution is 5.26. The number of anilines is 1. The van der Waals surface area contributed by atoms with Crippen molar-refractivity contribution >= 4 is 5.95 Å². The Morgan fingerprint density at radius 1 is 1.15 bits per heavy atom. The summed E-state index contributed by atoms with van der Waals surface area (Å²) in [5, 5.41) is 3.42. The van der Waals surface area contributed by atoms with Gasteiger partial charge in [0.2, 0.25) is 5.95 Å². The summed E-state index contributed by atoms with van der Waals surface area (Å²) in [5.74, 6) is 1.61. The molecule has 1 N–H and O–H groups in total. The summed E-state index contributed by atoms with van der Waals surface area (Å²) in [6.45, 7) is 7.63. The highest BCUT2D eigenvalue weighted by atomic mass is 15.2. The van der Waals surface area contributed by atoms with Crippen molar-refractivity contribution in [1.29, 1.82) is 0 Å². The zero-order valence-electron chi connectivity index (χ0n) is 12.7. The molecule has 0 amide bonds. The van der Waals surface area contributed by atoms with Gasteiger partial charge in [-0.15, -0.1) is 0 Å². The second kappa shape index (κ2) is 7.13. The van der Waals surface area contributed by atoms with E-state index >= 15 is 0 Å². The average Bonchev–Trinajstić information content (AvgIpc) is 2.92. The van der Waals surface area contributed by atoms with Gasteiger partial charge in [0.1, 0.15) is 0 Å². The van der Waals surface area contributed by atoms with Crippen LogP contribution >= 0.6 is 0 Å². The summed E-state index contributed by atoms with van der Waals surface area (Å²) in [6, 6.07) is 11.1. The molecule has 0 saturated carbocycles. The van der Waals surface area contributed by atoms with Gasteiger partial charge >= 0.3 is 0 Å². The molecule has 108 valence electrons. The van der Waals surface area contributed by atoms with Crippen LogP contribution in [0.3, 0.4) is 0 Å². The summed E-state index contributed by atoms with van der Waals surface area (Å²) in [5.41, 5.74) is 1.40. The maximum Gasteiger partial charge on any atom is 0.203 e. The molecule has 0 radical (unpaired) electrons. The van der Waals surface area contributed by atoms with Gasteiger partial charge in [-0.05, 0) is 31.2 Å². The van der Waals surface area contributed by atoms with E-state index in [1.807, 2.05) is 6.20 Å². The second-order valence-electron chi connectivity index (χ2n) is 5.81. The summed E-state index contributed by atoms with van der Waals surface area (Å²) in [7, 11) is 0. The first-order valence-corrected chi connectivity index (χ1v) is 7.47. The fraction of sp³-hybridized carbons (Fsp3) is 0.471. The standard InChI is InChI=1S/C17H25N3/c1-14(2)13-19-17-18-11-12-20(17)15(3)9-10-16-7-5-4-6-8-16/h4-8,11-12,14-15H,9-10,13H2,1-3H3,(H,18,19). The minimum Gasteiger partial charge on any atom is -0.355 e. The van der Waals surface area contributed by atoms with Crippen LogP contribution in [-0.4, -0.2) is 16.1 Å². The molecule has 0 fully saturated rings. The molecule has 1 aromatic heterocycles. The van der Waals surface area contributed by atoms with Gasteiger partial charge in [0, 0.05) is 25.0 Å². The third kappa shape index (κ3) is 4.12. The number of rotatable bonds is 7. The Morgan fingerprint density at radius 2 is 1.90 bits per heavy atom. The van der Waals surface area contributed by atoms with Crippen molar-refractivity contribution in [3.63, 3.8) is 0 Å². The van der Waals surface area contributed by atoms with E-state index in [4.69, 9.17) is 0 Å². The fourth-order valence-corrected chi connectivity index (χ4v) is 2.26. The van der Waals surface area contributed by atoms with E-state index < -0.39 is 0 Å². The molecule has 1 unspecified atom stereocenters. The van der Waals surface area contributed by atoms with E-state index in [0.717, 1.165) is 25.3 Å². The van der Waals surface area contributed by atoms with Crippen molar-refractivity contribution in [1.82, 2.24) is 9.55 Å². The van der Waals surface area contributed by atoms with Gasteiger partial charge in [-0.1, -0.05) is 44.2 Å². The van der Waals surface area contributed by atoms with Gasteiger partial charge in [0.25, 0.3) is 0 Å². The molecule has 3 heteroatoms. The molecule has 0 bridgehead atoms. The van der Waals surface area contributed by atoms with Crippen LogP contribution in [0.2, 0.25) is 0 Å². The number of nitrogens with zero attached hydrogens (tertiary/aromatic N) is 2. The summed E-state index contributed by atoms with van der Waals surface area (Å²) >= 11 is 0. The summed E-state index contributed by atoms with van der Waals surface area (Å²) in [4.78, 5) is 4.42. The van der Waals surface area contributed by atoms with Crippen LogP contribution in [0, 0.1) is 5.92 Å². The Kier molecular flexibility index (Phi) is 5.22. The van der Waals surface area contributed by atoms with Crippen LogP contribution in [0.4, 0.5) is 5.95 Å². The molecular formula is C17H25N3. The van der Waals surface area contributed by atoms with Crippen molar-refractivity contribution < 1.29 is 0 Å². The van der Waals surface area contributed by atoms with Crippen LogP contribution in [0.1, 0.15) is 38.8 Å². The Hall–Kier alpha value is -1.77. The molecule has 0 aliphatic heterocycles. The number of aryl methyl sites for hydroxylation is 1. The van der Waals surface area contributed by atoms with Crippen LogP contribution in [-0.2, 0) is 6.42 Å². The predicted molar refractivity (Wildman–Crippen MR) is 85.0 cm³/mol. The molecule has 0 spiro atoms. The van der Waals surface area contributed by atoms with Gasteiger partial charge in [-0.2, -0.15) is 0 Å². The maximum absolute atomic E-state index is 4.42. The van der Waals surface area contributed by atoms with Crippen LogP contribution in [0.5, 0.6) is 0 Å². The van der Waals surface area contributed by atoms with E-state index in [1.54, 1.807) is 0 Å². The minimum absolute atomic E-state index is 0.451. The first-order chi connectivity index (χ1) is 9.66. The normalized spacial score (nSPS) is 12.6. The third-order valence-corrected chi connectivity index (χ3v) is 3.51. The summed E-state index contributed by atoms with van der Waals surface area (Å²) in [6.07, 6.45) is 6.17. The van der Waals surface area contributed by atoms with Crippen LogP contribution in [0.15, 0.2) is 42.7 Å². The van der Waals surface area contributed by atoms with Crippen molar-refractivity contribution in [2.45, 2.75) is 39.7 Å². The molecule has 2 rings (SSSR count). The molecule has 1 heterocycles. The van der Waals surface area contributed by atoms with E-state index in [9.17, 15) is 0 Å². The number of nitrogens with one attached hydrogen (secondary N) is 1. The Bertz CT molecular complexity index is 502. The lowest BCUT2D eigenvalue weighted by molar-refractivity contribution is 0.509. The minimum atomic E-state index is 0.451. The third-order valence-electron chi connectivity index (χ3n) is 3.51. The van der Waals surface area contributed by atoms with Crippen molar-refractivity contribution in [2.24, 2.45) is 5.92 Å². The lowest BCUT2D eigenvalue weighted by Crippen LogP contribution is -2.15. The van der Waals surface area contributed by atoms with Gasteiger partial charge < -0.3 is 9.88 Å². The van der Waals surface area contributed by atoms with Gasteiger partial charge in [-0.25, -0.2) is 4.98 Å². The van der Waals surface area contributed by atoms with Gasteiger partial charge in [0.05, 0.1) is 0 Å². The summed E-state index contributed by atoms with van der Waals surface area (Å²) < 4.78 is 2.24. The number of hydrogen-bond donors (Lipinski definition) is 1. The molecule has 0 aliphatic rings. The first-order valence-electron chi connectivity index (χ1n) is 7.47. The quantitative estimate of drug-likeness (QED) is 0.820. The van der Waals surface area contributed by atoms with Crippen molar-refractivity contribution in [3.05, 3.63) is 48.3 Å². The maximum atomic E-state index is 4.42. The number of hydrogen-bond acceptors (Lipinski definition) is 2. The Morgan fingerprint density at radius 3 is 2.60 bits per heavy atom. The molecular weight excluding hydrogens is 246 g/mol. The second-order valence-corrected chi connectivity index (χ2v) is 5.81. The zero-order chi connectivity index (χ0) is 14.4. The van der Waals surface area contributed by atoms with Crippen LogP contribution < -0.4 is 5.32 Å². The first kappa shape index (κ1) is 14.6. The van der Waals surface area contributed by atoms with E-state index in [-0.39, 0.29) is 0 Å². The molecule has 1 aromatic carbocycles. The number of imidazole rings is 1. The van der Waals surface area contributed by atoms with E-state index in [2.05, 4.69) is 72.2 Å². The van der Waals surface area contributed by atoms with E-state index in [1.165, 1.54) is 5.56 Å². The molecule has 3 nitrogen and oxygen atoms in total. The highest BCUT2D eigenvalue weighted by Crippen LogP contribution is 2.19. The smallest absolute Gasteiger partial charge is 0.203 e. The molecule has 0 aliphatic carbocycles. The fourth-order valence-electron chi connectivity index (χ4n) is 2.26. The monoisotopic (exact) mass is 271 g/mol. The average molecular weight is 271 g/mol. The van der Waals surface area contributed by atoms with Crippen molar-refractivity contribution in [2.75, 3.05) is 11.9 Å². The predicted octanol–water partition coefficient (Wildman–Crippen LogP) is 4.14. The van der Waals surface area contributed by atoms with Gasteiger partial charge in [-0.3, -0.25) is 0 Å². The largest absolute Gasteiger partial charge is 0.355 e. The highest BCUT2D eigenvalue weighted by Gasteiger charge is 2.10. The van der Waals surface area contributed by atoms with Gasteiger partial charge in [0.15, 0.2) is 0 Å². The Balaban J connectivity index is 1.92. The van der Waals surface area contributed by atoms with E-state index in [0.29, 0.717) is 12.0 Å². The lowest BCUT2D eigenvalue weighted by atomic mass is 10.1. The molecule has 20 heavy (non-hydrogen) atoms. The lowest BCUT2D eigenvalue weighted by Gasteiger charge is -2.17. The topological polar surface area (TPSA) is 29.9 Å². The molecule has 2 aromatic rings. The molecule has 0 saturated heterocycles. The Labute approximate surface area is 122 Å².